The first-order valence-corrected chi connectivity index (χ1v) is 5.29. The number of thioether (sulfide) groups is 1. The highest BCUT2D eigenvalue weighted by molar-refractivity contribution is 7.99. The van der Waals surface area contributed by atoms with E-state index in [0.29, 0.717) is 0 Å². The molecule has 0 amide bonds. The second-order valence-electron chi connectivity index (χ2n) is 3.18. The fourth-order valence-corrected chi connectivity index (χ4v) is 2.62. The Morgan fingerprint density at radius 2 is 2.36 bits per heavy atom. The van der Waals surface area contributed by atoms with E-state index in [9.17, 15) is 10.1 Å². The highest BCUT2D eigenvalue weighted by Gasteiger charge is 2.17. The van der Waals surface area contributed by atoms with E-state index < -0.39 is 0 Å². The number of nitro benzene ring substituents is 1. The van der Waals surface area contributed by atoms with E-state index in [1.807, 2.05) is 13.1 Å². The Bertz CT molecular complexity index is 381. The van der Waals surface area contributed by atoms with Gasteiger partial charge in [0.1, 0.15) is 0 Å². The number of nitro groups is 1. The lowest BCUT2D eigenvalue weighted by Gasteiger charge is -2.26. The van der Waals surface area contributed by atoms with E-state index in [1.165, 1.54) is 0 Å². The van der Waals surface area contributed by atoms with Crippen molar-refractivity contribution in [3.63, 3.8) is 0 Å². The predicted octanol–water partition coefficient (Wildman–Crippen LogP) is 2.14. The molecule has 74 valence electrons. The summed E-state index contributed by atoms with van der Waals surface area (Å²) in [6.45, 7) is 0.996. The Morgan fingerprint density at radius 3 is 3.07 bits per heavy atom. The predicted molar refractivity (Wildman–Crippen MR) is 57.1 cm³/mol. The summed E-state index contributed by atoms with van der Waals surface area (Å²) >= 11 is 1.68. The van der Waals surface area contributed by atoms with Gasteiger partial charge in [-0.15, -0.1) is 11.8 Å². The third kappa shape index (κ3) is 1.55. The summed E-state index contributed by atoms with van der Waals surface area (Å²) in [5.41, 5.74) is 1.26. The molecule has 0 saturated carbocycles. The lowest BCUT2D eigenvalue weighted by atomic mass is 10.2. The van der Waals surface area contributed by atoms with Crippen LogP contribution in [0.25, 0.3) is 0 Å². The van der Waals surface area contributed by atoms with Crippen LogP contribution in [0.1, 0.15) is 0 Å². The Morgan fingerprint density at radius 1 is 1.57 bits per heavy atom. The lowest BCUT2D eigenvalue weighted by molar-refractivity contribution is -0.385. The highest BCUT2D eigenvalue weighted by Crippen LogP contribution is 2.36. The molecule has 0 atom stereocenters. The van der Waals surface area contributed by atoms with Gasteiger partial charge in [0.2, 0.25) is 0 Å². The summed E-state index contributed by atoms with van der Waals surface area (Å²) in [6.07, 6.45) is 0. The van der Waals surface area contributed by atoms with Crippen LogP contribution in [0.4, 0.5) is 11.4 Å². The van der Waals surface area contributed by atoms with Crippen LogP contribution in [0.2, 0.25) is 0 Å². The summed E-state index contributed by atoms with van der Waals surface area (Å²) < 4.78 is 0. The van der Waals surface area contributed by atoms with Crippen molar-refractivity contribution in [1.29, 1.82) is 0 Å². The third-order valence-corrected chi connectivity index (χ3v) is 3.27. The molecule has 1 aromatic carbocycles. The van der Waals surface area contributed by atoms with E-state index in [0.717, 1.165) is 22.9 Å². The third-order valence-electron chi connectivity index (χ3n) is 2.25. The SMILES string of the molecule is CN1CCSc2cc([N+](=O)[O-])ccc21. The average molecular weight is 210 g/mol. The van der Waals surface area contributed by atoms with E-state index in [2.05, 4.69) is 4.90 Å². The van der Waals surface area contributed by atoms with E-state index in [-0.39, 0.29) is 10.6 Å². The van der Waals surface area contributed by atoms with Crippen molar-refractivity contribution >= 4 is 23.1 Å². The van der Waals surface area contributed by atoms with Gasteiger partial charge in [-0.1, -0.05) is 0 Å². The molecule has 0 aromatic heterocycles. The number of benzene rings is 1. The number of anilines is 1. The molecule has 4 nitrogen and oxygen atoms in total. The fourth-order valence-electron chi connectivity index (χ4n) is 1.46. The van der Waals surface area contributed by atoms with Crippen molar-refractivity contribution < 1.29 is 4.92 Å². The summed E-state index contributed by atoms with van der Waals surface area (Å²) in [7, 11) is 2.00. The molecule has 2 rings (SSSR count). The molecular weight excluding hydrogens is 200 g/mol. The largest absolute Gasteiger partial charge is 0.373 e. The van der Waals surface area contributed by atoms with Crippen LogP contribution >= 0.6 is 11.8 Å². The maximum absolute atomic E-state index is 10.6. The molecular formula is C9H10N2O2S. The molecule has 0 radical (unpaired) electrons. The van der Waals surface area contributed by atoms with Gasteiger partial charge < -0.3 is 4.90 Å². The normalized spacial score (nSPS) is 15.1. The molecule has 0 saturated heterocycles. The minimum atomic E-state index is -0.352. The molecule has 1 aromatic rings. The van der Waals surface area contributed by atoms with Gasteiger partial charge in [-0.2, -0.15) is 0 Å². The summed E-state index contributed by atoms with van der Waals surface area (Å²) in [5, 5.41) is 10.6. The van der Waals surface area contributed by atoms with Gasteiger partial charge in [-0.05, 0) is 6.07 Å². The quantitative estimate of drug-likeness (QED) is 0.526. The standard InChI is InChI=1S/C9H10N2O2S/c1-10-4-5-14-9-6-7(11(12)13)2-3-8(9)10/h2-3,6H,4-5H2,1H3. The van der Waals surface area contributed by atoms with Gasteiger partial charge >= 0.3 is 0 Å². The average Bonchev–Trinajstić information content (AvgIpc) is 2.17. The Labute approximate surface area is 86.1 Å². The first-order chi connectivity index (χ1) is 6.68. The van der Waals surface area contributed by atoms with Gasteiger partial charge in [0, 0.05) is 36.4 Å². The molecule has 0 unspecified atom stereocenters. The first kappa shape index (κ1) is 9.33. The molecule has 14 heavy (non-hydrogen) atoms. The molecule has 0 fully saturated rings. The number of hydrogen-bond donors (Lipinski definition) is 0. The van der Waals surface area contributed by atoms with Crippen molar-refractivity contribution in [1.82, 2.24) is 0 Å². The summed E-state index contributed by atoms with van der Waals surface area (Å²) in [5.74, 6) is 0.991. The topological polar surface area (TPSA) is 46.4 Å². The first-order valence-electron chi connectivity index (χ1n) is 4.31. The Kier molecular flexibility index (Phi) is 2.33. The van der Waals surface area contributed by atoms with Crippen LogP contribution in [0.3, 0.4) is 0 Å². The Balaban J connectivity index is 2.44. The Hall–Kier alpha value is -1.23. The maximum atomic E-state index is 10.6. The second-order valence-corrected chi connectivity index (χ2v) is 4.32. The zero-order valence-electron chi connectivity index (χ0n) is 7.77. The van der Waals surface area contributed by atoms with Crippen molar-refractivity contribution in [2.75, 3.05) is 24.2 Å². The number of hydrogen-bond acceptors (Lipinski definition) is 4. The van der Waals surface area contributed by atoms with Gasteiger partial charge in [-0.3, -0.25) is 10.1 Å². The maximum Gasteiger partial charge on any atom is 0.270 e. The van der Waals surface area contributed by atoms with Crippen LogP contribution in [-0.2, 0) is 0 Å². The highest BCUT2D eigenvalue weighted by atomic mass is 32.2. The number of rotatable bonds is 1. The monoisotopic (exact) mass is 210 g/mol. The number of fused-ring (bicyclic) bond motifs is 1. The van der Waals surface area contributed by atoms with Gasteiger partial charge in [-0.25, -0.2) is 0 Å². The van der Waals surface area contributed by atoms with E-state index in [1.54, 1.807) is 23.9 Å². The van der Waals surface area contributed by atoms with Crippen LogP contribution in [-0.4, -0.2) is 24.3 Å². The van der Waals surface area contributed by atoms with Gasteiger partial charge in [0.15, 0.2) is 0 Å². The molecule has 1 heterocycles. The van der Waals surface area contributed by atoms with E-state index in [4.69, 9.17) is 0 Å². The summed E-state index contributed by atoms with van der Waals surface area (Å²) in [6, 6.07) is 5.02. The molecule has 1 aliphatic rings. The number of non-ortho nitro benzene ring substituents is 1. The number of nitrogens with zero attached hydrogens (tertiary/aromatic N) is 2. The zero-order chi connectivity index (χ0) is 10.1. The molecule has 0 spiro atoms. The fraction of sp³-hybridized carbons (Fsp3) is 0.333. The molecule has 0 bridgehead atoms. The van der Waals surface area contributed by atoms with Crippen LogP contribution in [0.15, 0.2) is 23.1 Å². The minimum Gasteiger partial charge on any atom is -0.373 e. The second kappa shape index (κ2) is 3.49. The summed E-state index contributed by atoms with van der Waals surface area (Å²) in [4.78, 5) is 13.3. The van der Waals surface area contributed by atoms with Crippen molar-refractivity contribution in [2.45, 2.75) is 4.90 Å². The van der Waals surface area contributed by atoms with Crippen molar-refractivity contribution in [2.24, 2.45) is 0 Å². The molecule has 0 aliphatic carbocycles. The lowest BCUT2D eigenvalue weighted by Crippen LogP contribution is -2.24. The van der Waals surface area contributed by atoms with Crippen LogP contribution in [0, 0.1) is 10.1 Å². The molecule has 1 aliphatic heterocycles. The molecule has 5 heteroatoms. The van der Waals surface area contributed by atoms with Crippen LogP contribution < -0.4 is 4.90 Å². The smallest absolute Gasteiger partial charge is 0.270 e. The van der Waals surface area contributed by atoms with Gasteiger partial charge in [0.25, 0.3) is 5.69 Å². The van der Waals surface area contributed by atoms with E-state index >= 15 is 0 Å². The zero-order valence-corrected chi connectivity index (χ0v) is 8.58. The van der Waals surface area contributed by atoms with Crippen LogP contribution in [0.5, 0.6) is 0 Å². The van der Waals surface area contributed by atoms with Gasteiger partial charge in [0.05, 0.1) is 10.6 Å². The molecule has 0 N–H and O–H groups in total. The van der Waals surface area contributed by atoms with Crippen molar-refractivity contribution in [3.8, 4) is 0 Å². The van der Waals surface area contributed by atoms with Crippen molar-refractivity contribution in [3.05, 3.63) is 28.3 Å². The minimum absolute atomic E-state index is 0.173.